The van der Waals surface area contributed by atoms with Crippen molar-refractivity contribution in [2.24, 2.45) is 39.4 Å². The normalized spacial score (nSPS) is 40.7. The fourth-order valence-corrected chi connectivity index (χ4v) is 8.88. The van der Waals surface area contributed by atoms with Crippen molar-refractivity contribution < 1.29 is 39.3 Å². The smallest absolute Gasteiger partial charge is 0.306 e. The lowest BCUT2D eigenvalue weighted by atomic mass is 9.42. The van der Waals surface area contributed by atoms with Gasteiger partial charge in [0, 0.05) is 54.6 Å². The van der Waals surface area contributed by atoms with E-state index in [1.807, 2.05) is 20.8 Å². The Bertz CT molecular complexity index is 1160. The van der Waals surface area contributed by atoms with Gasteiger partial charge in [-0.3, -0.25) is 24.0 Å². The Balaban J connectivity index is 1.79. The van der Waals surface area contributed by atoms with E-state index in [0.717, 1.165) is 0 Å². The van der Waals surface area contributed by atoms with Crippen molar-refractivity contribution in [2.75, 3.05) is 0 Å². The maximum atomic E-state index is 14.0. The summed E-state index contributed by atoms with van der Waals surface area (Å²) >= 11 is 0. The minimum atomic E-state index is -1.67. The number of carboxylic acid groups (broad SMARTS) is 1. The first-order valence-corrected chi connectivity index (χ1v) is 13.7. The highest BCUT2D eigenvalue weighted by Gasteiger charge is 2.72. The molecule has 8 nitrogen and oxygen atoms in total. The van der Waals surface area contributed by atoms with Crippen molar-refractivity contribution in [3.63, 3.8) is 0 Å². The third-order valence-corrected chi connectivity index (χ3v) is 11.4. The molecule has 8 heteroatoms. The molecule has 210 valence electrons. The SMILES string of the molecule is CC(CC(=O)CC(C)(O)[C@H]1CC(=O)[C@@]2(C)C3=C(C(=O)C[C@]12C)[C@@]1(C)CC[C@H](O)C(C)(C)[C@H]1CC3=O)C(=O)O. The van der Waals surface area contributed by atoms with E-state index in [1.54, 1.807) is 13.8 Å². The lowest BCUT2D eigenvalue weighted by molar-refractivity contribution is -0.149. The van der Waals surface area contributed by atoms with Gasteiger partial charge in [-0.15, -0.1) is 0 Å². The molecule has 38 heavy (non-hydrogen) atoms. The Labute approximate surface area is 224 Å². The maximum absolute atomic E-state index is 14.0. The van der Waals surface area contributed by atoms with Gasteiger partial charge in [-0.05, 0) is 43.4 Å². The summed E-state index contributed by atoms with van der Waals surface area (Å²) in [6.07, 6.45) is -0.117. The molecule has 8 atom stereocenters. The average molecular weight is 531 g/mol. The molecule has 2 fully saturated rings. The third kappa shape index (κ3) is 3.73. The number of carboxylic acids is 1. The molecular weight excluding hydrogens is 488 g/mol. The topological polar surface area (TPSA) is 146 Å². The van der Waals surface area contributed by atoms with E-state index in [-0.39, 0.29) is 60.9 Å². The number of ketones is 4. The third-order valence-electron chi connectivity index (χ3n) is 11.4. The van der Waals surface area contributed by atoms with E-state index in [4.69, 9.17) is 0 Å². The van der Waals surface area contributed by atoms with Gasteiger partial charge in [-0.2, -0.15) is 0 Å². The number of fused-ring (bicyclic) bond motifs is 4. The zero-order valence-corrected chi connectivity index (χ0v) is 23.6. The molecule has 0 radical (unpaired) electrons. The number of hydrogen-bond acceptors (Lipinski definition) is 7. The lowest BCUT2D eigenvalue weighted by Gasteiger charge is -2.60. The summed E-state index contributed by atoms with van der Waals surface area (Å²) in [6.45, 7) is 12.3. The Morgan fingerprint density at radius 1 is 1.03 bits per heavy atom. The molecule has 0 aliphatic heterocycles. The maximum Gasteiger partial charge on any atom is 0.306 e. The van der Waals surface area contributed by atoms with Gasteiger partial charge in [0.2, 0.25) is 0 Å². The van der Waals surface area contributed by atoms with E-state index in [9.17, 15) is 39.3 Å². The highest BCUT2D eigenvalue weighted by molar-refractivity contribution is 6.16. The van der Waals surface area contributed by atoms with Gasteiger partial charge in [0.25, 0.3) is 0 Å². The fraction of sp³-hybridized carbons (Fsp3) is 0.767. The van der Waals surface area contributed by atoms with Gasteiger partial charge in [-0.25, -0.2) is 0 Å². The second kappa shape index (κ2) is 8.65. The van der Waals surface area contributed by atoms with Crippen LogP contribution < -0.4 is 0 Å². The summed E-state index contributed by atoms with van der Waals surface area (Å²) in [7, 11) is 0. The Morgan fingerprint density at radius 3 is 2.21 bits per heavy atom. The number of aliphatic hydroxyl groups is 2. The molecule has 0 aromatic heterocycles. The predicted octanol–water partition coefficient (Wildman–Crippen LogP) is 3.45. The molecule has 0 aromatic carbocycles. The van der Waals surface area contributed by atoms with Crippen LogP contribution in [-0.2, 0) is 24.0 Å². The fourth-order valence-electron chi connectivity index (χ4n) is 8.88. The van der Waals surface area contributed by atoms with Crippen LogP contribution in [0.2, 0.25) is 0 Å². The van der Waals surface area contributed by atoms with Crippen LogP contribution in [0, 0.1) is 39.4 Å². The summed E-state index contributed by atoms with van der Waals surface area (Å²) in [4.78, 5) is 65.8. The number of Topliss-reactive ketones (excluding diaryl/α,β-unsaturated/α-hetero) is 4. The van der Waals surface area contributed by atoms with Crippen LogP contribution in [-0.4, -0.2) is 56.1 Å². The predicted molar refractivity (Wildman–Crippen MR) is 138 cm³/mol. The van der Waals surface area contributed by atoms with Crippen LogP contribution in [0.25, 0.3) is 0 Å². The highest BCUT2D eigenvalue weighted by Crippen LogP contribution is 2.70. The van der Waals surface area contributed by atoms with Crippen molar-refractivity contribution in [2.45, 2.75) is 105 Å². The lowest BCUT2D eigenvalue weighted by Crippen LogP contribution is -2.60. The molecule has 0 bridgehead atoms. The standard InChI is InChI=1S/C30H42O8/c1-15(25(36)37)10-16(31)13-29(6,38)20-12-22(35)30(7)24-17(32)11-19-26(2,3)21(34)8-9-27(19,4)23(24)18(33)14-28(20,30)5/h15,19-21,34,38H,8-14H2,1-7H3,(H,36,37)/t15?,19-,20+,21+,27+,28-,29?,30+/m1/s1. The van der Waals surface area contributed by atoms with E-state index < -0.39 is 57.0 Å². The first-order chi connectivity index (χ1) is 17.2. The van der Waals surface area contributed by atoms with Crippen molar-refractivity contribution in [1.82, 2.24) is 0 Å². The molecule has 4 aliphatic carbocycles. The van der Waals surface area contributed by atoms with Crippen LogP contribution in [0.15, 0.2) is 11.1 Å². The molecule has 4 rings (SSSR count). The zero-order chi connectivity index (χ0) is 28.8. The van der Waals surface area contributed by atoms with Crippen LogP contribution in [0.3, 0.4) is 0 Å². The van der Waals surface area contributed by atoms with Gasteiger partial charge in [0.15, 0.2) is 11.6 Å². The van der Waals surface area contributed by atoms with Crippen LogP contribution in [0.1, 0.15) is 93.4 Å². The van der Waals surface area contributed by atoms with Gasteiger partial charge in [0.1, 0.15) is 11.6 Å². The van der Waals surface area contributed by atoms with Crippen LogP contribution >= 0.6 is 0 Å². The van der Waals surface area contributed by atoms with Crippen molar-refractivity contribution >= 4 is 29.1 Å². The van der Waals surface area contributed by atoms with Crippen molar-refractivity contribution in [3.8, 4) is 0 Å². The summed E-state index contributed by atoms with van der Waals surface area (Å²) < 4.78 is 0. The molecule has 4 aliphatic rings. The molecule has 2 saturated carbocycles. The minimum absolute atomic E-state index is 0.0345. The molecule has 0 saturated heterocycles. The molecule has 0 amide bonds. The number of allylic oxidation sites excluding steroid dienone is 2. The molecule has 0 spiro atoms. The number of carbonyl (C=O) groups excluding carboxylic acids is 4. The van der Waals surface area contributed by atoms with E-state index in [1.165, 1.54) is 13.8 Å². The Kier molecular flexibility index (Phi) is 6.56. The second-order valence-electron chi connectivity index (χ2n) is 14.1. The van der Waals surface area contributed by atoms with Gasteiger partial charge < -0.3 is 15.3 Å². The average Bonchev–Trinajstić information content (AvgIpc) is 2.99. The monoisotopic (exact) mass is 530 g/mol. The minimum Gasteiger partial charge on any atom is -0.481 e. The van der Waals surface area contributed by atoms with E-state index in [0.29, 0.717) is 18.4 Å². The quantitative estimate of drug-likeness (QED) is 0.473. The zero-order valence-electron chi connectivity index (χ0n) is 23.6. The molecular formula is C30H42O8. The van der Waals surface area contributed by atoms with E-state index in [2.05, 4.69) is 0 Å². The summed E-state index contributed by atoms with van der Waals surface area (Å²) in [6, 6.07) is 0. The molecule has 0 aromatic rings. The van der Waals surface area contributed by atoms with Crippen molar-refractivity contribution in [1.29, 1.82) is 0 Å². The number of carbonyl (C=O) groups is 5. The number of aliphatic carboxylic acids is 1. The number of aliphatic hydroxyl groups excluding tert-OH is 1. The van der Waals surface area contributed by atoms with E-state index >= 15 is 0 Å². The molecule has 2 unspecified atom stereocenters. The Hall–Kier alpha value is -2.19. The Morgan fingerprint density at radius 2 is 1.63 bits per heavy atom. The summed E-state index contributed by atoms with van der Waals surface area (Å²) in [5, 5.41) is 31.5. The summed E-state index contributed by atoms with van der Waals surface area (Å²) in [5.74, 6) is -4.11. The highest BCUT2D eigenvalue weighted by atomic mass is 16.4. The molecule has 3 N–H and O–H groups in total. The number of hydrogen-bond donors (Lipinski definition) is 3. The summed E-state index contributed by atoms with van der Waals surface area (Å²) in [5.41, 5.74) is -4.59. The van der Waals surface area contributed by atoms with Gasteiger partial charge >= 0.3 is 5.97 Å². The second-order valence-corrected chi connectivity index (χ2v) is 14.1. The van der Waals surface area contributed by atoms with Gasteiger partial charge in [-0.1, -0.05) is 34.6 Å². The first kappa shape index (κ1) is 28.8. The largest absolute Gasteiger partial charge is 0.481 e. The first-order valence-electron chi connectivity index (χ1n) is 13.7. The van der Waals surface area contributed by atoms with Crippen LogP contribution in [0.4, 0.5) is 0 Å². The molecule has 0 heterocycles. The van der Waals surface area contributed by atoms with Crippen molar-refractivity contribution in [3.05, 3.63) is 11.1 Å². The number of rotatable bonds is 6. The van der Waals surface area contributed by atoms with Gasteiger partial charge in [0.05, 0.1) is 23.0 Å². The van der Waals surface area contributed by atoms with Crippen LogP contribution in [0.5, 0.6) is 0 Å².